The Morgan fingerprint density at radius 1 is 1.03 bits per heavy atom. The summed E-state index contributed by atoms with van der Waals surface area (Å²) in [4.78, 5) is 17.8. The summed E-state index contributed by atoms with van der Waals surface area (Å²) >= 11 is 8.45. The number of para-hydroxylation sites is 1. The molecule has 0 aliphatic heterocycles. The van der Waals surface area contributed by atoms with Crippen molar-refractivity contribution < 1.29 is 14.3 Å². The number of methoxy groups -OCH3 is 2. The molecule has 1 heterocycles. The highest BCUT2D eigenvalue weighted by atomic mass is 79.9. The number of hydrogen-bond acceptors (Lipinski definition) is 5. The smallest absolute Gasteiger partial charge is 0.259 e. The van der Waals surface area contributed by atoms with Crippen LogP contribution in [0.1, 0.15) is 10.4 Å². The minimum Gasteiger partial charge on any atom is -0.495 e. The summed E-state index contributed by atoms with van der Waals surface area (Å²) < 4.78 is 13.4. The van der Waals surface area contributed by atoms with E-state index >= 15 is 0 Å². The van der Waals surface area contributed by atoms with Crippen molar-refractivity contribution in [1.29, 1.82) is 0 Å². The van der Waals surface area contributed by atoms with Crippen LogP contribution in [0.2, 0.25) is 0 Å². The molecule has 152 valence electrons. The highest BCUT2D eigenvalue weighted by Gasteiger charge is 2.19. The van der Waals surface area contributed by atoms with Crippen LogP contribution < -0.4 is 14.8 Å². The Bertz CT molecular complexity index is 1220. The molecule has 4 aromatic rings. The number of nitrogens with one attached hydrogen (secondary N) is 1. The first-order valence-electron chi connectivity index (χ1n) is 8.88. The van der Waals surface area contributed by atoms with Crippen LogP contribution in [0.5, 0.6) is 11.5 Å². The zero-order valence-corrected chi connectivity index (χ0v) is 20.0. The molecule has 3 aromatic carbocycles. The second kappa shape index (κ2) is 8.75. The fourth-order valence-electron chi connectivity index (χ4n) is 3.06. The number of fused-ring (bicyclic) bond motifs is 1. The summed E-state index contributed by atoms with van der Waals surface area (Å²) in [5, 5.41) is 3.81. The molecule has 1 aromatic heterocycles. The topological polar surface area (TPSA) is 60.5 Å². The van der Waals surface area contributed by atoms with Crippen molar-refractivity contribution >= 4 is 65.0 Å². The van der Waals surface area contributed by atoms with E-state index in [-0.39, 0.29) is 5.91 Å². The first-order chi connectivity index (χ1) is 14.5. The molecule has 0 aliphatic carbocycles. The molecule has 1 N–H and O–H groups in total. The molecule has 0 radical (unpaired) electrons. The zero-order valence-electron chi connectivity index (χ0n) is 16.0. The van der Waals surface area contributed by atoms with Gasteiger partial charge in [0.2, 0.25) is 0 Å². The van der Waals surface area contributed by atoms with Crippen LogP contribution in [0.3, 0.4) is 0 Å². The highest BCUT2D eigenvalue weighted by molar-refractivity contribution is 9.11. The Balaban J connectivity index is 1.72. The molecule has 30 heavy (non-hydrogen) atoms. The van der Waals surface area contributed by atoms with Crippen molar-refractivity contribution in [1.82, 2.24) is 4.98 Å². The van der Waals surface area contributed by atoms with Crippen LogP contribution in [-0.4, -0.2) is 25.1 Å². The first-order valence-corrected chi connectivity index (χ1v) is 11.3. The molecular weight excluding hydrogens is 532 g/mol. The molecule has 0 atom stereocenters. The van der Waals surface area contributed by atoms with E-state index in [0.29, 0.717) is 27.2 Å². The van der Waals surface area contributed by atoms with Crippen LogP contribution in [0.25, 0.3) is 20.8 Å². The van der Waals surface area contributed by atoms with Gasteiger partial charge in [-0.25, -0.2) is 4.98 Å². The summed E-state index contributed by atoms with van der Waals surface area (Å²) in [5.74, 6) is 0.701. The SMILES string of the molecule is COc1ccc(-c2nc3ccccc3s2)cc1NC(=O)c1cc(Br)cc(Br)c1OC. The summed E-state index contributed by atoms with van der Waals surface area (Å²) in [6.07, 6.45) is 0. The Kier molecular flexibility index (Phi) is 6.08. The number of halogens is 2. The fourth-order valence-corrected chi connectivity index (χ4v) is 5.41. The average molecular weight is 548 g/mol. The van der Waals surface area contributed by atoms with Gasteiger partial charge in [0.25, 0.3) is 5.91 Å². The number of ether oxygens (including phenoxy) is 2. The Hall–Kier alpha value is -2.42. The van der Waals surface area contributed by atoms with Crippen molar-refractivity contribution in [3.05, 3.63) is 69.1 Å². The van der Waals surface area contributed by atoms with Gasteiger partial charge < -0.3 is 14.8 Å². The number of aromatic nitrogens is 1. The van der Waals surface area contributed by atoms with Gasteiger partial charge in [-0.3, -0.25) is 4.79 Å². The first kappa shape index (κ1) is 20.8. The van der Waals surface area contributed by atoms with Crippen LogP contribution in [0.4, 0.5) is 5.69 Å². The second-order valence-corrected chi connectivity index (χ2v) is 9.13. The lowest BCUT2D eigenvalue weighted by atomic mass is 10.1. The third-order valence-electron chi connectivity index (χ3n) is 4.45. The van der Waals surface area contributed by atoms with Gasteiger partial charge in [0.05, 0.1) is 40.2 Å². The number of anilines is 1. The third-order valence-corrected chi connectivity index (χ3v) is 6.58. The lowest BCUT2D eigenvalue weighted by Gasteiger charge is -2.14. The van der Waals surface area contributed by atoms with E-state index in [0.717, 1.165) is 25.3 Å². The molecular formula is C22H16Br2N2O3S. The van der Waals surface area contributed by atoms with Crippen LogP contribution >= 0.6 is 43.2 Å². The van der Waals surface area contributed by atoms with E-state index in [1.165, 1.54) is 7.11 Å². The van der Waals surface area contributed by atoms with Gasteiger partial charge in [-0.15, -0.1) is 11.3 Å². The normalized spacial score (nSPS) is 10.8. The monoisotopic (exact) mass is 546 g/mol. The van der Waals surface area contributed by atoms with Gasteiger partial charge in [0.15, 0.2) is 0 Å². The van der Waals surface area contributed by atoms with Crippen molar-refractivity contribution in [2.45, 2.75) is 0 Å². The number of carbonyl (C=O) groups is 1. The molecule has 4 rings (SSSR count). The van der Waals surface area contributed by atoms with Crippen LogP contribution in [0, 0.1) is 0 Å². The minimum absolute atomic E-state index is 0.311. The lowest BCUT2D eigenvalue weighted by molar-refractivity contribution is 0.102. The number of carbonyl (C=O) groups excluding carboxylic acids is 1. The van der Waals surface area contributed by atoms with Gasteiger partial charge in [-0.2, -0.15) is 0 Å². The number of amides is 1. The minimum atomic E-state index is -0.311. The summed E-state index contributed by atoms with van der Waals surface area (Å²) in [7, 11) is 3.09. The maximum absolute atomic E-state index is 13.1. The standard InChI is InChI=1S/C22H16Br2N2O3S/c1-28-18-8-7-12(22-26-16-5-3-4-6-19(16)30-22)9-17(18)25-21(27)14-10-13(23)11-15(24)20(14)29-2/h3-11H,1-2H3,(H,25,27). The quantitative estimate of drug-likeness (QED) is 0.300. The van der Waals surface area contributed by atoms with Gasteiger partial charge in [-0.1, -0.05) is 28.1 Å². The number of benzene rings is 3. The number of hydrogen-bond donors (Lipinski definition) is 1. The fraction of sp³-hybridized carbons (Fsp3) is 0.0909. The molecule has 0 bridgehead atoms. The molecule has 0 saturated carbocycles. The average Bonchev–Trinajstić information content (AvgIpc) is 3.17. The molecule has 8 heteroatoms. The number of thiazole rings is 1. The molecule has 0 aliphatic rings. The number of nitrogens with zero attached hydrogens (tertiary/aromatic N) is 1. The van der Waals surface area contributed by atoms with E-state index in [2.05, 4.69) is 37.2 Å². The Labute approximate surface area is 194 Å². The van der Waals surface area contributed by atoms with E-state index < -0.39 is 0 Å². The van der Waals surface area contributed by atoms with E-state index in [1.54, 1.807) is 24.5 Å². The van der Waals surface area contributed by atoms with Crippen molar-refractivity contribution in [3.8, 4) is 22.1 Å². The van der Waals surface area contributed by atoms with Crippen molar-refractivity contribution in [2.75, 3.05) is 19.5 Å². The van der Waals surface area contributed by atoms with Gasteiger partial charge in [0, 0.05) is 10.0 Å². The molecule has 1 amide bonds. The van der Waals surface area contributed by atoms with Crippen LogP contribution in [0.15, 0.2) is 63.5 Å². The second-order valence-electron chi connectivity index (χ2n) is 6.32. The Morgan fingerprint density at radius 3 is 2.57 bits per heavy atom. The molecule has 0 spiro atoms. The molecule has 0 saturated heterocycles. The predicted molar refractivity (Wildman–Crippen MR) is 128 cm³/mol. The maximum atomic E-state index is 13.1. The van der Waals surface area contributed by atoms with Crippen LogP contribution in [-0.2, 0) is 0 Å². The maximum Gasteiger partial charge on any atom is 0.259 e. The molecule has 0 unspecified atom stereocenters. The van der Waals surface area contributed by atoms with Crippen molar-refractivity contribution in [2.24, 2.45) is 0 Å². The number of rotatable bonds is 5. The summed E-state index contributed by atoms with van der Waals surface area (Å²) in [6.45, 7) is 0. The van der Waals surface area contributed by atoms with Gasteiger partial charge >= 0.3 is 0 Å². The summed E-state index contributed by atoms with van der Waals surface area (Å²) in [5.41, 5.74) is 2.79. The molecule has 0 fully saturated rings. The van der Waals surface area contributed by atoms with Crippen molar-refractivity contribution in [3.63, 3.8) is 0 Å². The summed E-state index contributed by atoms with van der Waals surface area (Å²) in [6, 6.07) is 17.1. The van der Waals surface area contributed by atoms with E-state index in [1.807, 2.05) is 48.5 Å². The van der Waals surface area contributed by atoms with E-state index in [4.69, 9.17) is 14.5 Å². The van der Waals surface area contributed by atoms with Gasteiger partial charge in [-0.05, 0) is 58.4 Å². The molecule has 5 nitrogen and oxygen atoms in total. The van der Waals surface area contributed by atoms with E-state index in [9.17, 15) is 4.79 Å². The highest BCUT2D eigenvalue weighted by Crippen LogP contribution is 2.37. The Morgan fingerprint density at radius 2 is 1.83 bits per heavy atom. The lowest BCUT2D eigenvalue weighted by Crippen LogP contribution is -2.14. The zero-order chi connectivity index (χ0) is 21.3. The van der Waals surface area contributed by atoms with Gasteiger partial charge in [0.1, 0.15) is 16.5 Å². The predicted octanol–water partition coefficient (Wildman–Crippen LogP) is 6.76. The third kappa shape index (κ3) is 4.08. The largest absolute Gasteiger partial charge is 0.495 e.